The third kappa shape index (κ3) is 5.69. The van der Waals surface area contributed by atoms with E-state index in [0.717, 1.165) is 52.2 Å². The van der Waals surface area contributed by atoms with Gasteiger partial charge in [-0.1, -0.05) is 110 Å². The Labute approximate surface area is 236 Å². The van der Waals surface area contributed by atoms with Gasteiger partial charge >= 0.3 is 0 Å². The maximum atomic E-state index is 14.1. The van der Waals surface area contributed by atoms with Crippen LogP contribution >= 0.6 is 0 Å². The first kappa shape index (κ1) is 26.9. The lowest BCUT2D eigenvalue weighted by Crippen LogP contribution is -2.30. The predicted octanol–water partition coefficient (Wildman–Crippen LogP) is 8.18. The molecule has 1 heterocycles. The van der Waals surface area contributed by atoms with Crippen molar-refractivity contribution in [1.82, 2.24) is 14.9 Å². The second-order valence-corrected chi connectivity index (χ2v) is 9.77. The first-order valence-electron chi connectivity index (χ1n) is 13.9. The fourth-order valence-corrected chi connectivity index (χ4v) is 5.13. The standard InChI is InChI=1S/C35H35N3O2/c1-4-12-31(27-13-8-6-9-14-27)36-35(39)33-32(37-34(38(33)5-2)29-15-10-7-11-16-29)28-19-17-25(18-20-28)26-21-23-30(40-3)24-22-26/h6-11,13-24,31H,4-5,12H2,1-3H3,(H,36,39). The van der Waals surface area contributed by atoms with Crippen LogP contribution in [0.3, 0.4) is 0 Å². The largest absolute Gasteiger partial charge is 0.497 e. The average Bonchev–Trinajstić information content (AvgIpc) is 3.42. The van der Waals surface area contributed by atoms with E-state index in [-0.39, 0.29) is 11.9 Å². The fraction of sp³-hybridized carbons (Fsp3) is 0.200. The Bertz CT molecular complexity index is 1540. The van der Waals surface area contributed by atoms with Crippen LogP contribution in [0, 0.1) is 0 Å². The number of carbonyl (C=O) groups is 1. The van der Waals surface area contributed by atoms with Crippen LogP contribution in [0.2, 0.25) is 0 Å². The molecule has 5 nitrogen and oxygen atoms in total. The van der Waals surface area contributed by atoms with E-state index in [2.05, 4.69) is 43.4 Å². The molecule has 0 saturated carbocycles. The number of nitrogens with zero attached hydrogens (tertiary/aromatic N) is 2. The summed E-state index contributed by atoms with van der Waals surface area (Å²) >= 11 is 0. The SMILES string of the molecule is CCCC(NC(=O)c1c(-c2ccc(-c3ccc(OC)cc3)cc2)nc(-c2ccccc2)n1CC)c1ccccc1. The topological polar surface area (TPSA) is 56.1 Å². The molecule has 0 aliphatic carbocycles. The Morgan fingerprint density at radius 3 is 1.93 bits per heavy atom. The molecule has 1 atom stereocenters. The van der Waals surface area contributed by atoms with Gasteiger partial charge in [0.1, 0.15) is 23.0 Å². The van der Waals surface area contributed by atoms with Crippen LogP contribution in [-0.4, -0.2) is 22.6 Å². The predicted molar refractivity (Wildman–Crippen MR) is 162 cm³/mol. The van der Waals surface area contributed by atoms with Crippen LogP contribution in [0.1, 0.15) is 48.8 Å². The molecule has 0 saturated heterocycles. The average molecular weight is 530 g/mol. The minimum Gasteiger partial charge on any atom is -0.497 e. The van der Waals surface area contributed by atoms with Crippen LogP contribution in [0.5, 0.6) is 5.75 Å². The zero-order valence-corrected chi connectivity index (χ0v) is 23.3. The first-order chi connectivity index (χ1) is 19.6. The number of amides is 1. The van der Waals surface area contributed by atoms with Crippen molar-refractivity contribution < 1.29 is 9.53 Å². The minimum atomic E-state index is -0.118. The summed E-state index contributed by atoms with van der Waals surface area (Å²) in [6.07, 6.45) is 1.81. The summed E-state index contributed by atoms with van der Waals surface area (Å²) < 4.78 is 7.33. The molecule has 1 N–H and O–H groups in total. The molecule has 0 aliphatic rings. The van der Waals surface area contributed by atoms with Gasteiger partial charge in [0.2, 0.25) is 0 Å². The number of nitrogens with one attached hydrogen (secondary N) is 1. The number of ether oxygens (including phenoxy) is 1. The normalized spacial score (nSPS) is 11.7. The van der Waals surface area contributed by atoms with E-state index in [0.29, 0.717) is 17.9 Å². The van der Waals surface area contributed by atoms with Gasteiger partial charge in [-0.2, -0.15) is 0 Å². The van der Waals surface area contributed by atoms with Gasteiger partial charge in [-0.15, -0.1) is 0 Å². The van der Waals surface area contributed by atoms with Gasteiger partial charge in [-0.05, 0) is 42.2 Å². The number of imidazole rings is 1. The van der Waals surface area contributed by atoms with Gasteiger partial charge < -0.3 is 14.6 Å². The van der Waals surface area contributed by atoms with Gasteiger partial charge in [0.15, 0.2) is 0 Å². The van der Waals surface area contributed by atoms with Crippen molar-refractivity contribution in [3.8, 4) is 39.5 Å². The number of rotatable bonds is 10. The molecule has 5 heteroatoms. The summed E-state index contributed by atoms with van der Waals surface area (Å²) in [4.78, 5) is 19.2. The lowest BCUT2D eigenvalue weighted by Gasteiger charge is -2.20. The third-order valence-corrected chi connectivity index (χ3v) is 7.20. The van der Waals surface area contributed by atoms with Crippen molar-refractivity contribution in [3.63, 3.8) is 0 Å². The van der Waals surface area contributed by atoms with E-state index in [4.69, 9.17) is 9.72 Å². The molecule has 1 unspecified atom stereocenters. The van der Waals surface area contributed by atoms with Gasteiger partial charge in [0.25, 0.3) is 5.91 Å². The molecule has 1 amide bonds. The second kappa shape index (κ2) is 12.5. The molecular formula is C35H35N3O2. The van der Waals surface area contributed by atoms with Gasteiger partial charge in [-0.3, -0.25) is 4.79 Å². The highest BCUT2D eigenvalue weighted by molar-refractivity contribution is 6.00. The Morgan fingerprint density at radius 1 is 0.775 bits per heavy atom. The van der Waals surface area contributed by atoms with Crippen molar-refractivity contribution in [2.24, 2.45) is 0 Å². The minimum absolute atomic E-state index is 0.0793. The highest BCUT2D eigenvalue weighted by atomic mass is 16.5. The number of aromatic nitrogens is 2. The van der Waals surface area contributed by atoms with E-state index < -0.39 is 0 Å². The summed E-state index contributed by atoms with van der Waals surface area (Å²) in [6.45, 7) is 4.82. The van der Waals surface area contributed by atoms with Gasteiger partial charge in [0, 0.05) is 17.7 Å². The lowest BCUT2D eigenvalue weighted by atomic mass is 10.0. The molecule has 0 aliphatic heterocycles. The molecule has 1 aromatic heterocycles. The molecule has 4 aromatic carbocycles. The van der Waals surface area contributed by atoms with Crippen molar-refractivity contribution >= 4 is 5.91 Å². The Balaban J connectivity index is 1.57. The first-order valence-corrected chi connectivity index (χ1v) is 13.9. The Kier molecular flexibility index (Phi) is 8.41. The van der Waals surface area contributed by atoms with Crippen LogP contribution in [0.4, 0.5) is 0 Å². The quantitative estimate of drug-likeness (QED) is 0.198. The molecule has 202 valence electrons. The fourth-order valence-electron chi connectivity index (χ4n) is 5.13. The molecule has 0 spiro atoms. The van der Waals surface area contributed by atoms with Gasteiger partial charge in [-0.25, -0.2) is 4.98 Å². The number of hydrogen-bond acceptors (Lipinski definition) is 3. The maximum absolute atomic E-state index is 14.1. The van der Waals surface area contributed by atoms with E-state index in [1.54, 1.807) is 7.11 Å². The van der Waals surface area contributed by atoms with Crippen molar-refractivity contribution in [3.05, 3.63) is 120 Å². The Morgan fingerprint density at radius 2 is 1.35 bits per heavy atom. The molecule has 0 radical (unpaired) electrons. The Hall–Kier alpha value is -4.64. The monoisotopic (exact) mass is 529 g/mol. The van der Waals surface area contributed by atoms with Crippen LogP contribution in [-0.2, 0) is 6.54 Å². The maximum Gasteiger partial charge on any atom is 0.270 e. The highest BCUT2D eigenvalue weighted by Crippen LogP contribution is 2.32. The second-order valence-electron chi connectivity index (χ2n) is 9.77. The number of benzene rings is 4. The lowest BCUT2D eigenvalue weighted by molar-refractivity contribution is 0.0926. The van der Waals surface area contributed by atoms with E-state index in [1.807, 2.05) is 89.5 Å². The molecule has 40 heavy (non-hydrogen) atoms. The molecular weight excluding hydrogens is 494 g/mol. The zero-order valence-electron chi connectivity index (χ0n) is 23.3. The summed E-state index contributed by atoms with van der Waals surface area (Å²) in [5, 5.41) is 3.34. The zero-order chi connectivity index (χ0) is 27.9. The summed E-state index contributed by atoms with van der Waals surface area (Å²) in [7, 11) is 1.67. The summed E-state index contributed by atoms with van der Waals surface area (Å²) in [6, 6.07) is 36.4. The van der Waals surface area contributed by atoms with Crippen molar-refractivity contribution in [1.29, 1.82) is 0 Å². The van der Waals surface area contributed by atoms with E-state index in [1.165, 1.54) is 0 Å². The van der Waals surface area contributed by atoms with Crippen molar-refractivity contribution in [2.75, 3.05) is 7.11 Å². The van der Waals surface area contributed by atoms with Crippen LogP contribution < -0.4 is 10.1 Å². The smallest absolute Gasteiger partial charge is 0.270 e. The molecule has 0 fully saturated rings. The summed E-state index contributed by atoms with van der Waals surface area (Å²) in [5.41, 5.74) is 6.43. The van der Waals surface area contributed by atoms with Crippen LogP contribution in [0.25, 0.3) is 33.8 Å². The van der Waals surface area contributed by atoms with Crippen molar-refractivity contribution in [2.45, 2.75) is 39.3 Å². The number of hydrogen-bond donors (Lipinski definition) is 1. The molecule has 5 rings (SSSR count). The number of methoxy groups -OCH3 is 1. The highest BCUT2D eigenvalue weighted by Gasteiger charge is 2.26. The third-order valence-electron chi connectivity index (χ3n) is 7.20. The number of carbonyl (C=O) groups excluding carboxylic acids is 1. The van der Waals surface area contributed by atoms with Crippen LogP contribution in [0.15, 0.2) is 109 Å². The molecule has 0 bridgehead atoms. The molecule has 5 aromatic rings. The van der Waals surface area contributed by atoms with E-state index in [9.17, 15) is 4.79 Å². The van der Waals surface area contributed by atoms with E-state index >= 15 is 0 Å². The summed E-state index contributed by atoms with van der Waals surface area (Å²) in [5.74, 6) is 1.49. The van der Waals surface area contributed by atoms with Gasteiger partial charge in [0.05, 0.1) is 13.2 Å².